The molecule has 0 unspecified atom stereocenters. The summed E-state index contributed by atoms with van der Waals surface area (Å²) in [4.78, 5) is 22.1. The third-order valence-electron chi connectivity index (χ3n) is 5.98. The first-order valence-corrected chi connectivity index (χ1v) is 9.83. The van der Waals surface area contributed by atoms with Crippen LogP contribution in [0.3, 0.4) is 0 Å². The van der Waals surface area contributed by atoms with Crippen LogP contribution in [0.15, 0.2) is 42.9 Å². The Labute approximate surface area is 155 Å². The second kappa shape index (κ2) is 7.62. The van der Waals surface area contributed by atoms with Crippen molar-refractivity contribution in [1.82, 2.24) is 19.4 Å². The molecule has 0 radical (unpaired) electrons. The molecule has 4 rings (SSSR count). The molecule has 0 aromatic carbocycles. The van der Waals surface area contributed by atoms with Crippen molar-refractivity contribution in [2.24, 2.45) is 5.92 Å². The molecule has 2 aromatic rings. The summed E-state index contributed by atoms with van der Waals surface area (Å²) in [5.41, 5.74) is 2.29. The van der Waals surface area contributed by atoms with Gasteiger partial charge in [-0.25, -0.2) is 0 Å². The van der Waals surface area contributed by atoms with Crippen molar-refractivity contribution in [2.45, 2.75) is 38.8 Å². The first kappa shape index (κ1) is 17.3. The number of nitrogens with zero attached hydrogens (tertiary/aromatic N) is 4. The molecule has 2 aliphatic heterocycles. The van der Waals surface area contributed by atoms with Crippen molar-refractivity contribution in [3.8, 4) is 0 Å². The predicted molar refractivity (Wildman–Crippen MR) is 102 cm³/mol. The molecule has 0 N–H and O–H groups in total. The molecule has 0 saturated carbocycles. The Morgan fingerprint density at radius 2 is 2.00 bits per heavy atom. The molecular formula is C21H28N4O. The van der Waals surface area contributed by atoms with Crippen molar-refractivity contribution in [2.75, 3.05) is 26.2 Å². The zero-order valence-corrected chi connectivity index (χ0v) is 15.6. The number of pyridine rings is 1. The number of fused-ring (bicyclic) bond motifs is 1. The van der Waals surface area contributed by atoms with E-state index in [2.05, 4.69) is 50.7 Å². The van der Waals surface area contributed by atoms with Gasteiger partial charge in [-0.2, -0.15) is 0 Å². The number of rotatable bonds is 4. The fourth-order valence-corrected chi connectivity index (χ4v) is 4.41. The van der Waals surface area contributed by atoms with Gasteiger partial charge < -0.3 is 14.4 Å². The van der Waals surface area contributed by atoms with Crippen LogP contribution in [0.5, 0.6) is 0 Å². The van der Waals surface area contributed by atoms with Crippen LogP contribution in [-0.4, -0.2) is 51.4 Å². The molecule has 4 heterocycles. The first-order chi connectivity index (χ1) is 12.8. The van der Waals surface area contributed by atoms with E-state index in [4.69, 9.17) is 0 Å². The van der Waals surface area contributed by atoms with Crippen molar-refractivity contribution in [3.05, 3.63) is 54.1 Å². The second-order valence-corrected chi connectivity index (χ2v) is 7.48. The highest BCUT2D eigenvalue weighted by atomic mass is 16.2. The largest absolute Gasteiger partial charge is 0.348 e. The quantitative estimate of drug-likeness (QED) is 0.849. The summed E-state index contributed by atoms with van der Waals surface area (Å²) < 4.78 is 2.27. The Morgan fingerprint density at radius 3 is 2.73 bits per heavy atom. The van der Waals surface area contributed by atoms with Gasteiger partial charge in [-0.1, -0.05) is 13.0 Å². The van der Waals surface area contributed by atoms with Crippen LogP contribution in [0.4, 0.5) is 0 Å². The highest BCUT2D eigenvalue weighted by Gasteiger charge is 2.33. The topological polar surface area (TPSA) is 41.4 Å². The molecule has 1 saturated heterocycles. The van der Waals surface area contributed by atoms with Crippen molar-refractivity contribution >= 4 is 5.91 Å². The summed E-state index contributed by atoms with van der Waals surface area (Å²) >= 11 is 0. The Hall–Kier alpha value is -2.14. The molecule has 0 spiro atoms. The number of hydrogen-bond acceptors (Lipinski definition) is 3. The minimum atomic E-state index is -0.0179. The van der Waals surface area contributed by atoms with Crippen LogP contribution >= 0.6 is 0 Å². The fourth-order valence-electron chi connectivity index (χ4n) is 4.41. The molecule has 1 amide bonds. The molecule has 138 valence electrons. The molecule has 26 heavy (non-hydrogen) atoms. The van der Waals surface area contributed by atoms with E-state index in [1.165, 1.54) is 5.69 Å². The van der Waals surface area contributed by atoms with Gasteiger partial charge in [0.15, 0.2) is 0 Å². The summed E-state index contributed by atoms with van der Waals surface area (Å²) in [7, 11) is 0. The van der Waals surface area contributed by atoms with Crippen molar-refractivity contribution < 1.29 is 4.79 Å². The van der Waals surface area contributed by atoms with E-state index >= 15 is 0 Å². The van der Waals surface area contributed by atoms with E-state index in [1.807, 2.05) is 12.3 Å². The number of carbonyl (C=O) groups excluding carboxylic acids is 1. The zero-order chi connectivity index (χ0) is 17.9. The van der Waals surface area contributed by atoms with Crippen LogP contribution in [0, 0.1) is 5.92 Å². The Morgan fingerprint density at radius 1 is 1.15 bits per heavy atom. The highest BCUT2D eigenvalue weighted by Crippen LogP contribution is 2.33. The van der Waals surface area contributed by atoms with E-state index in [0.717, 1.165) is 51.1 Å². The van der Waals surface area contributed by atoms with Gasteiger partial charge in [0.25, 0.3) is 0 Å². The smallest absolute Gasteiger partial charge is 0.223 e. The van der Waals surface area contributed by atoms with Crippen LogP contribution < -0.4 is 0 Å². The molecular weight excluding hydrogens is 324 g/mol. The van der Waals surface area contributed by atoms with Crippen LogP contribution in [0.25, 0.3) is 0 Å². The number of likely N-dealkylation sites (tertiary alicyclic amines) is 1. The Kier molecular flexibility index (Phi) is 5.07. The maximum absolute atomic E-state index is 13.2. The minimum absolute atomic E-state index is 0.0179. The fraction of sp³-hybridized carbons (Fsp3) is 0.524. The summed E-state index contributed by atoms with van der Waals surface area (Å²) in [5.74, 6) is 0.815. The molecule has 1 fully saturated rings. The normalized spacial score (nSPS) is 21.6. The molecule has 0 aliphatic carbocycles. The second-order valence-electron chi connectivity index (χ2n) is 7.48. The van der Waals surface area contributed by atoms with Crippen LogP contribution in [-0.2, 0) is 11.3 Å². The van der Waals surface area contributed by atoms with Gasteiger partial charge >= 0.3 is 0 Å². The van der Waals surface area contributed by atoms with Gasteiger partial charge in [0.1, 0.15) is 0 Å². The van der Waals surface area contributed by atoms with Gasteiger partial charge in [-0.15, -0.1) is 0 Å². The third kappa shape index (κ3) is 3.40. The highest BCUT2D eigenvalue weighted by molar-refractivity contribution is 5.77. The summed E-state index contributed by atoms with van der Waals surface area (Å²) in [5, 5.41) is 0. The number of amides is 1. The number of hydrogen-bond donors (Lipinski definition) is 0. The molecule has 1 atom stereocenters. The number of carbonyl (C=O) groups is 1. The van der Waals surface area contributed by atoms with E-state index in [-0.39, 0.29) is 6.04 Å². The minimum Gasteiger partial charge on any atom is -0.348 e. The maximum Gasteiger partial charge on any atom is 0.223 e. The van der Waals surface area contributed by atoms with E-state index in [1.54, 1.807) is 6.20 Å². The summed E-state index contributed by atoms with van der Waals surface area (Å²) in [6.07, 6.45) is 8.76. The first-order valence-electron chi connectivity index (χ1n) is 9.83. The van der Waals surface area contributed by atoms with E-state index in [0.29, 0.717) is 18.2 Å². The van der Waals surface area contributed by atoms with Crippen LogP contribution in [0.1, 0.15) is 43.5 Å². The zero-order valence-electron chi connectivity index (χ0n) is 15.6. The van der Waals surface area contributed by atoms with E-state index < -0.39 is 0 Å². The van der Waals surface area contributed by atoms with E-state index in [9.17, 15) is 4.79 Å². The van der Waals surface area contributed by atoms with Crippen molar-refractivity contribution in [3.63, 3.8) is 0 Å². The SMILES string of the molecule is CCN1CCC(CC(=O)N2CCn3cccc3[C@H]2c2cccnc2)CC1. The van der Waals surface area contributed by atoms with Gasteiger partial charge in [-0.3, -0.25) is 9.78 Å². The number of aromatic nitrogens is 2. The lowest BCUT2D eigenvalue weighted by Gasteiger charge is -2.38. The van der Waals surface area contributed by atoms with Gasteiger partial charge in [0.05, 0.1) is 6.04 Å². The van der Waals surface area contributed by atoms with Gasteiger partial charge in [0, 0.05) is 43.8 Å². The summed E-state index contributed by atoms with van der Waals surface area (Å²) in [6, 6.07) is 8.24. The third-order valence-corrected chi connectivity index (χ3v) is 5.98. The van der Waals surface area contributed by atoms with Crippen molar-refractivity contribution in [1.29, 1.82) is 0 Å². The number of piperidine rings is 1. The van der Waals surface area contributed by atoms with Crippen LogP contribution in [0.2, 0.25) is 0 Å². The maximum atomic E-state index is 13.2. The Bertz CT molecular complexity index is 733. The predicted octanol–water partition coefficient (Wildman–Crippen LogP) is 2.94. The Balaban J connectivity index is 1.52. The summed E-state index contributed by atoms with van der Waals surface area (Å²) in [6.45, 7) is 7.24. The molecule has 5 nitrogen and oxygen atoms in total. The molecule has 0 bridgehead atoms. The lowest BCUT2D eigenvalue weighted by Crippen LogP contribution is -2.43. The van der Waals surface area contributed by atoms with Gasteiger partial charge in [-0.05, 0) is 62.2 Å². The monoisotopic (exact) mass is 352 g/mol. The molecule has 2 aliphatic rings. The average Bonchev–Trinajstić information content (AvgIpc) is 3.17. The molecule has 5 heteroatoms. The lowest BCUT2D eigenvalue weighted by molar-refractivity contribution is -0.135. The molecule has 2 aromatic heterocycles. The average molecular weight is 352 g/mol. The standard InChI is InChI=1S/C21H28N4O/c1-2-23-11-7-17(8-12-23)15-20(26)25-14-13-24-10-4-6-19(24)21(25)18-5-3-9-22-16-18/h3-6,9-10,16-17,21H,2,7-8,11-15H2,1H3/t21-/m1/s1. The lowest BCUT2D eigenvalue weighted by atomic mass is 9.92. The van der Waals surface area contributed by atoms with Gasteiger partial charge in [0.2, 0.25) is 5.91 Å².